The highest BCUT2D eigenvalue weighted by Gasteiger charge is 2.33. The molecule has 176 valence electrons. The molecule has 0 bridgehead atoms. The molecule has 0 spiro atoms. The molecule has 4 nitrogen and oxygen atoms in total. The molecule has 1 atom stereocenters. The van der Waals surface area contributed by atoms with Gasteiger partial charge in [-0.1, -0.05) is 43.7 Å². The van der Waals surface area contributed by atoms with Crippen molar-refractivity contribution in [2.24, 2.45) is 0 Å². The first kappa shape index (κ1) is 23.3. The quantitative estimate of drug-likeness (QED) is 0.422. The zero-order valence-corrected chi connectivity index (χ0v) is 21.6. The summed E-state index contributed by atoms with van der Waals surface area (Å²) in [5.74, 6) is -0.0266. The van der Waals surface area contributed by atoms with Crippen LogP contribution < -0.4 is 5.32 Å². The molecule has 2 aromatic heterocycles. The maximum absolute atomic E-state index is 13.3. The van der Waals surface area contributed by atoms with Gasteiger partial charge in [-0.15, -0.1) is 22.7 Å². The van der Waals surface area contributed by atoms with Crippen molar-refractivity contribution in [2.45, 2.75) is 64.8 Å². The topological polar surface area (TPSA) is 56.1 Å². The van der Waals surface area contributed by atoms with Crippen molar-refractivity contribution in [1.82, 2.24) is 4.90 Å². The molecule has 1 aliphatic heterocycles. The molecule has 0 saturated carbocycles. The Kier molecular flexibility index (Phi) is 6.87. The molecule has 0 unspecified atom stereocenters. The van der Waals surface area contributed by atoms with Gasteiger partial charge in [0.2, 0.25) is 5.91 Å². The number of carbonyl (C=O) groups is 1. The SMILES string of the molecule is CCc1c(C)sc2c1CCN(CC(=O)Nc1sc3c(c1C#N)CCCCC3)[C@@H]2c1ccccc1. The van der Waals surface area contributed by atoms with Crippen LogP contribution in [0.15, 0.2) is 30.3 Å². The Bertz CT molecular complexity index is 1230. The molecule has 3 aromatic rings. The predicted molar refractivity (Wildman–Crippen MR) is 141 cm³/mol. The van der Waals surface area contributed by atoms with Gasteiger partial charge >= 0.3 is 0 Å². The summed E-state index contributed by atoms with van der Waals surface area (Å²) in [4.78, 5) is 19.7. The first-order valence-corrected chi connectivity index (χ1v) is 14.0. The molecule has 5 rings (SSSR count). The fourth-order valence-corrected chi connectivity index (χ4v) is 8.35. The number of rotatable bonds is 5. The average molecular weight is 490 g/mol. The van der Waals surface area contributed by atoms with Gasteiger partial charge in [-0.3, -0.25) is 9.69 Å². The van der Waals surface area contributed by atoms with Crippen LogP contribution >= 0.6 is 22.7 Å². The average Bonchev–Trinajstić information content (AvgIpc) is 3.24. The zero-order valence-electron chi connectivity index (χ0n) is 19.9. The number of hydrogen-bond acceptors (Lipinski definition) is 5. The number of nitrogens with one attached hydrogen (secondary N) is 1. The van der Waals surface area contributed by atoms with Gasteiger partial charge in [0.1, 0.15) is 11.1 Å². The molecule has 34 heavy (non-hydrogen) atoms. The number of nitriles is 1. The summed E-state index contributed by atoms with van der Waals surface area (Å²) >= 11 is 3.50. The fraction of sp³-hybridized carbons (Fsp3) is 0.429. The Labute approximate surface area is 210 Å². The monoisotopic (exact) mass is 489 g/mol. The van der Waals surface area contributed by atoms with Crippen LogP contribution in [-0.4, -0.2) is 23.9 Å². The third-order valence-electron chi connectivity index (χ3n) is 7.21. The first-order valence-electron chi connectivity index (χ1n) is 12.3. The minimum atomic E-state index is -0.0266. The van der Waals surface area contributed by atoms with Crippen LogP contribution in [0.1, 0.15) is 74.7 Å². The molecule has 2 aliphatic rings. The molecule has 0 fully saturated rings. The van der Waals surface area contributed by atoms with Crippen LogP contribution in [0.5, 0.6) is 0 Å². The van der Waals surface area contributed by atoms with E-state index in [0.29, 0.717) is 12.1 Å². The Morgan fingerprint density at radius 3 is 2.68 bits per heavy atom. The van der Waals surface area contributed by atoms with Crippen LogP contribution in [0.4, 0.5) is 5.00 Å². The van der Waals surface area contributed by atoms with Crippen molar-refractivity contribution < 1.29 is 4.79 Å². The van der Waals surface area contributed by atoms with E-state index < -0.39 is 0 Å². The molecule has 6 heteroatoms. The van der Waals surface area contributed by atoms with E-state index in [4.69, 9.17) is 0 Å². The Hall–Kier alpha value is -2.46. The van der Waals surface area contributed by atoms with E-state index in [0.717, 1.165) is 43.6 Å². The Balaban J connectivity index is 1.41. The molecular weight excluding hydrogens is 458 g/mol. The van der Waals surface area contributed by atoms with E-state index >= 15 is 0 Å². The van der Waals surface area contributed by atoms with E-state index in [1.165, 1.54) is 49.7 Å². The molecule has 1 N–H and O–H groups in total. The predicted octanol–water partition coefficient (Wildman–Crippen LogP) is 6.41. The lowest BCUT2D eigenvalue weighted by Gasteiger charge is -2.35. The van der Waals surface area contributed by atoms with Crippen LogP contribution in [0, 0.1) is 18.3 Å². The van der Waals surface area contributed by atoms with Gasteiger partial charge in [0.25, 0.3) is 0 Å². The lowest BCUT2D eigenvalue weighted by atomic mass is 9.91. The summed E-state index contributed by atoms with van der Waals surface area (Å²) in [6.07, 6.45) is 7.52. The number of amides is 1. The van der Waals surface area contributed by atoms with E-state index in [2.05, 4.69) is 54.4 Å². The van der Waals surface area contributed by atoms with E-state index in [1.807, 2.05) is 17.4 Å². The van der Waals surface area contributed by atoms with Crippen molar-refractivity contribution >= 4 is 33.6 Å². The van der Waals surface area contributed by atoms with Crippen LogP contribution in [-0.2, 0) is 30.5 Å². The summed E-state index contributed by atoms with van der Waals surface area (Å²) in [7, 11) is 0. The maximum Gasteiger partial charge on any atom is 0.239 e. The number of carbonyl (C=O) groups excluding carboxylic acids is 1. The van der Waals surface area contributed by atoms with Gasteiger partial charge in [-0.25, -0.2) is 0 Å². The number of benzene rings is 1. The largest absolute Gasteiger partial charge is 0.315 e. The number of anilines is 1. The lowest BCUT2D eigenvalue weighted by molar-refractivity contribution is -0.117. The van der Waals surface area contributed by atoms with Gasteiger partial charge in [0.15, 0.2) is 0 Å². The van der Waals surface area contributed by atoms with E-state index in [9.17, 15) is 10.1 Å². The van der Waals surface area contributed by atoms with Crippen LogP contribution in [0.2, 0.25) is 0 Å². The second-order valence-corrected chi connectivity index (χ2v) is 11.7. The number of aryl methyl sites for hydroxylation is 2. The minimum Gasteiger partial charge on any atom is -0.315 e. The van der Waals surface area contributed by atoms with E-state index in [1.54, 1.807) is 11.3 Å². The summed E-state index contributed by atoms with van der Waals surface area (Å²) < 4.78 is 0. The summed E-state index contributed by atoms with van der Waals surface area (Å²) in [5.41, 5.74) is 6.08. The third kappa shape index (κ3) is 4.33. The van der Waals surface area contributed by atoms with E-state index in [-0.39, 0.29) is 11.9 Å². The summed E-state index contributed by atoms with van der Waals surface area (Å²) in [6.45, 7) is 5.65. The molecule has 1 amide bonds. The van der Waals surface area contributed by atoms with Crippen molar-refractivity contribution in [1.29, 1.82) is 5.26 Å². The molecule has 1 aromatic carbocycles. The van der Waals surface area contributed by atoms with Gasteiger partial charge in [0, 0.05) is 21.2 Å². The first-order chi connectivity index (χ1) is 16.6. The second kappa shape index (κ2) is 10.0. The molecule has 1 aliphatic carbocycles. The Morgan fingerprint density at radius 2 is 1.91 bits per heavy atom. The number of thiophene rings is 2. The van der Waals surface area contributed by atoms with Crippen molar-refractivity contribution in [2.75, 3.05) is 18.4 Å². The van der Waals surface area contributed by atoms with Gasteiger partial charge in [-0.05, 0) is 67.7 Å². The number of hydrogen-bond donors (Lipinski definition) is 1. The normalized spacial score (nSPS) is 18.0. The molecule has 0 radical (unpaired) electrons. The van der Waals surface area contributed by atoms with Crippen LogP contribution in [0.25, 0.3) is 0 Å². The van der Waals surface area contributed by atoms with Crippen LogP contribution in [0.3, 0.4) is 0 Å². The zero-order chi connectivity index (χ0) is 23.7. The highest BCUT2D eigenvalue weighted by molar-refractivity contribution is 7.16. The second-order valence-electron chi connectivity index (χ2n) is 9.30. The standard InChI is InChI=1S/C28H31N3OS2/c1-3-20-18(2)33-27-22(20)14-15-31(26(27)19-10-6-4-7-11-19)17-25(32)30-28-23(16-29)21-12-8-5-9-13-24(21)34-28/h4,6-7,10-11,26H,3,5,8-9,12-15,17H2,1-2H3,(H,30,32)/t26-/m1/s1. The van der Waals surface area contributed by atoms with Gasteiger partial charge in [0.05, 0.1) is 18.2 Å². The Morgan fingerprint density at radius 1 is 1.12 bits per heavy atom. The van der Waals surface area contributed by atoms with Gasteiger partial charge < -0.3 is 5.32 Å². The minimum absolute atomic E-state index is 0.0266. The van der Waals surface area contributed by atoms with Gasteiger partial charge in [-0.2, -0.15) is 5.26 Å². The highest BCUT2D eigenvalue weighted by atomic mass is 32.1. The number of fused-ring (bicyclic) bond motifs is 2. The lowest BCUT2D eigenvalue weighted by Crippen LogP contribution is -2.40. The highest BCUT2D eigenvalue weighted by Crippen LogP contribution is 2.43. The van der Waals surface area contributed by atoms with Crippen molar-refractivity contribution in [3.05, 3.63) is 72.8 Å². The summed E-state index contributed by atoms with van der Waals surface area (Å²) in [6, 6.07) is 13.0. The number of nitrogens with zero attached hydrogens (tertiary/aromatic N) is 2. The summed E-state index contributed by atoms with van der Waals surface area (Å²) in [5, 5.41) is 13.7. The van der Waals surface area contributed by atoms with Crippen molar-refractivity contribution in [3.8, 4) is 6.07 Å². The molecule has 0 saturated heterocycles. The fourth-order valence-electron chi connectivity index (χ4n) is 5.62. The maximum atomic E-state index is 13.3. The smallest absolute Gasteiger partial charge is 0.239 e. The molecular formula is C28H31N3OS2. The third-order valence-corrected chi connectivity index (χ3v) is 9.66. The van der Waals surface area contributed by atoms with Crippen molar-refractivity contribution in [3.63, 3.8) is 0 Å². The molecule has 3 heterocycles.